The largest absolute Gasteiger partial charge is 0.506 e. The fourth-order valence-corrected chi connectivity index (χ4v) is 5.51. The summed E-state index contributed by atoms with van der Waals surface area (Å²) < 4.78 is 0.940. The highest BCUT2D eigenvalue weighted by Crippen LogP contribution is 2.39. The summed E-state index contributed by atoms with van der Waals surface area (Å²) in [5, 5.41) is 19.3. The molecule has 2 heterocycles. The van der Waals surface area contributed by atoms with E-state index in [4.69, 9.17) is 5.73 Å². The minimum Gasteiger partial charge on any atom is -0.506 e. The Morgan fingerprint density at radius 1 is 0.973 bits per heavy atom. The zero-order chi connectivity index (χ0) is 26.5. The molecule has 2 aromatic carbocycles. The number of nitrogens with zero attached hydrogens (tertiary/aromatic N) is 1. The van der Waals surface area contributed by atoms with Crippen LogP contribution in [0.25, 0.3) is 10.4 Å². The maximum Gasteiger partial charge on any atom is 0.281 e. The van der Waals surface area contributed by atoms with Crippen LogP contribution < -0.4 is 16.5 Å². The van der Waals surface area contributed by atoms with Gasteiger partial charge in [0.25, 0.3) is 11.8 Å². The van der Waals surface area contributed by atoms with Crippen LogP contribution in [0.1, 0.15) is 47.8 Å². The molecule has 0 aliphatic carbocycles. The van der Waals surface area contributed by atoms with Crippen molar-refractivity contribution >= 4 is 62.0 Å². The van der Waals surface area contributed by atoms with Crippen molar-refractivity contribution in [2.24, 2.45) is 10.8 Å². The van der Waals surface area contributed by atoms with Gasteiger partial charge in [-0.3, -0.25) is 14.4 Å². The lowest BCUT2D eigenvalue weighted by Crippen LogP contribution is -2.24. The van der Waals surface area contributed by atoms with Crippen LogP contribution in [0.3, 0.4) is 0 Å². The van der Waals surface area contributed by atoms with E-state index in [2.05, 4.69) is 31.8 Å². The van der Waals surface area contributed by atoms with Crippen molar-refractivity contribution in [3.8, 4) is 16.2 Å². The molecule has 0 aliphatic heterocycles. The quantitative estimate of drug-likeness (QED) is 0.166. The third-order valence-corrected chi connectivity index (χ3v) is 7.99. The van der Waals surface area contributed by atoms with E-state index in [1.54, 1.807) is 42.6 Å². The third-order valence-electron chi connectivity index (χ3n) is 5.36. The zero-order valence-electron chi connectivity index (χ0n) is 19.4. The minimum absolute atomic E-state index is 0.0933. The van der Waals surface area contributed by atoms with Crippen LogP contribution in [0.15, 0.2) is 75.6 Å². The molecule has 0 bridgehead atoms. The van der Waals surface area contributed by atoms with E-state index >= 15 is 0 Å². The molecule has 0 fully saturated rings. The molecule has 0 aliphatic rings. The number of hydrogen-bond donors (Lipinski definition) is 4. The number of amides is 3. The van der Waals surface area contributed by atoms with Gasteiger partial charge in [-0.2, -0.15) is 5.10 Å². The van der Waals surface area contributed by atoms with E-state index in [1.165, 1.54) is 17.4 Å². The van der Waals surface area contributed by atoms with Gasteiger partial charge in [0, 0.05) is 22.0 Å². The Morgan fingerprint density at radius 2 is 1.65 bits per heavy atom. The maximum absolute atomic E-state index is 12.6. The average molecular weight is 598 g/mol. The van der Waals surface area contributed by atoms with E-state index in [-0.39, 0.29) is 18.2 Å². The van der Waals surface area contributed by atoms with Crippen LogP contribution >= 0.6 is 38.6 Å². The standard InChI is InChI=1S/C26H21BrN4O4S2/c1-14(19-13-36-23(22(19)32)15-6-8-17(27)9-7-15)30-31-26(35)21-11-10-20(37-21)25(34)29-12-16-4-2-3-5-18(16)24(28)33/h2-11,13,32H,12H2,1H3,(H2,28,33)(H,29,34)(H,31,35)/b30-14+. The Labute approximate surface area is 229 Å². The van der Waals surface area contributed by atoms with Crippen LogP contribution in [0.5, 0.6) is 5.75 Å². The monoisotopic (exact) mass is 596 g/mol. The summed E-state index contributed by atoms with van der Waals surface area (Å²) in [5.74, 6) is -1.34. The van der Waals surface area contributed by atoms with Crippen molar-refractivity contribution in [2.45, 2.75) is 13.5 Å². The zero-order valence-corrected chi connectivity index (χ0v) is 22.7. The Hall–Kier alpha value is -3.80. The van der Waals surface area contributed by atoms with Gasteiger partial charge in [0.2, 0.25) is 5.91 Å². The lowest BCUT2D eigenvalue weighted by molar-refractivity contribution is 0.0948. The lowest BCUT2D eigenvalue weighted by Gasteiger charge is -2.07. The summed E-state index contributed by atoms with van der Waals surface area (Å²) in [4.78, 5) is 38.0. The van der Waals surface area contributed by atoms with E-state index in [0.717, 1.165) is 21.4 Å². The van der Waals surface area contributed by atoms with Gasteiger partial charge in [-0.1, -0.05) is 46.3 Å². The summed E-state index contributed by atoms with van der Waals surface area (Å²) in [6.07, 6.45) is 0. The van der Waals surface area contributed by atoms with E-state index in [9.17, 15) is 19.5 Å². The first-order chi connectivity index (χ1) is 17.7. The molecule has 8 nitrogen and oxygen atoms in total. The lowest BCUT2D eigenvalue weighted by atomic mass is 10.1. The van der Waals surface area contributed by atoms with E-state index in [0.29, 0.717) is 37.0 Å². The third kappa shape index (κ3) is 6.13. The van der Waals surface area contributed by atoms with Gasteiger partial charge in [-0.05, 0) is 48.4 Å². The molecule has 0 unspecified atom stereocenters. The second-order valence-corrected chi connectivity index (χ2v) is 10.7. The van der Waals surface area contributed by atoms with Crippen molar-refractivity contribution in [3.63, 3.8) is 0 Å². The van der Waals surface area contributed by atoms with Crippen molar-refractivity contribution in [1.82, 2.24) is 10.7 Å². The molecule has 0 spiro atoms. The number of thiophene rings is 2. The number of hydrazone groups is 1. The van der Waals surface area contributed by atoms with Gasteiger partial charge in [-0.25, -0.2) is 5.43 Å². The van der Waals surface area contributed by atoms with Crippen LogP contribution in [0, 0.1) is 0 Å². The number of rotatable bonds is 8. The highest BCUT2D eigenvalue weighted by Gasteiger charge is 2.17. The minimum atomic E-state index is -0.573. The Balaban J connectivity index is 1.39. The molecule has 0 radical (unpaired) electrons. The summed E-state index contributed by atoms with van der Waals surface area (Å²) in [6.45, 7) is 1.80. The molecule has 188 valence electrons. The SMILES string of the molecule is C/C(=N\NC(=O)c1ccc(C(=O)NCc2ccccc2C(N)=O)s1)c1csc(-c2ccc(Br)cc2)c1O. The summed E-state index contributed by atoms with van der Waals surface area (Å²) in [5.41, 5.74) is 10.6. The predicted octanol–water partition coefficient (Wildman–Crippen LogP) is 5.13. The first kappa shape index (κ1) is 26.3. The van der Waals surface area contributed by atoms with Crippen LogP contribution in [0.2, 0.25) is 0 Å². The topological polar surface area (TPSA) is 134 Å². The van der Waals surface area contributed by atoms with Crippen molar-refractivity contribution in [2.75, 3.05) is 0 Å². The number of aromatic hydroxyl groups is 1. The maximum atomic E-state index is 12.6. The molecule has 0 saturated heterocycles. The van der Waals surface area contributed by atoms with E-state index in [1.807, 2.05) is 24.3 Å². The Morgan fingerprint density at radius 3 is 2.35 bits per heavy atom. The predicted molar refractivity (Wildman–Crippen MR) is 149 cm³/mol. The molecule has 4 aromatic rings. The summed E-state index contributed by atoms with van der Waals surface area (Å²) >= 11 is 5.79. The van der Waals surface area contributed by atoms with Gasteiger partial charge >= 0.3 is 0 Å². The molecule has 3 amide bonds. The van der Waals surface area contributed by atoms with Gasteiger partial charge in [-0.15, -0.1) is 22.7 Å². The number of primary amides is 1. The van der Waals surface area contributed by atoms with Crippen LogP contribution in [-0.2, 0) is 6.54 Å². The Bertz CT molecular complexity index is 1510. The van der Waals surface area contributed by atoms with E-state index < -0.39 is 11.8 Å². The summed E-state index contributed by atoms with van der Waals surface area (Å²) in [7, 11) is 0. The molecule has 0 atom stereocenters. The fraction of sp³-hybridized carbons (Fsp3) is 0.0769. The number of carbonyl (C=O) groups is 3. The number of halogens is 1. The normalized spacial score (nSPS) is 11.2. The number of nitrogens with one attached hydrogen (secondary N) is 2. The first-order valence-corrected chi connectivity index (χ1v) is 13.4. The van der Waals surface area contributed by atoms with Gasteiger partial charge in [0.15, 0.2) is 0 Å². The van der Waals surface area contributed by atoms with Crippen LogP contribution in [0.4, 0.5) is 0 Å². The van der Waals surface area contributed by atoms with Crippen molar-refractivity contribution < 1.29 is 19.5 Å². The molecular formula is C26H21BrN4O4S2. The fourth-order valence-electron chi connectivity index (χ4n) is 3.42. The second-order valence-electron chi connectivity index (χ2n) is 7.84. The first-order valence-electron chi connectivity index (χ1n) is 10.9. The molecule has 2 aromatic heterocycles. The molecule has 0 saturated carbocycles. The number of nitrogens with two attached hydrogens (primary N) is 1. The Kier molecular flexibility index (Phi) is 8.17. The second kappa shape index (κ2) is 11.5. The van der Waals surface area contributed by atoms with Gasteiger partial charge in [0.1, 0.15) is 5.75 Å². The molecule has 37 heavy (non-hydrogen) atoms. The molecule has 4 rings (SSSR count). The highest BCUT2D eigenvalue weighted by molar-refractivity contribution is 9.10. The van der Waals surface area contributed by atoms with Crippen molar-refractivity contribution in [1.29, 1.82) is 0 Å². The summed E-state index contributed by atoms with van der Waals surface area (Å²) in [6, 6.07) is 17.4. The number of carbonyl (C=O) groups excluding carboxylic acids is 3. The molecule has 5 N–H and O–H groups in total. The van der Waals surface area contributed by atoms with Gasteiger partial charge in [0.05, 0.1) is 25.9 Å². The highest BCUT2D eigenvalue weighted by atomic mass is 79.9. The van der Waals surface area contributed by atoms with Crippen molar-refractivity contribution in [3.05, 3.63) is 97.0 Å². The number of hydrogen-bond acceptors (Lipinski definition) is 7. The molecular weight excluding hydrogens is 576 g/mol. The average Bonchev–Trinajstić information content (AvgIpc) is 3.54. The van der Waals surface area contributed by atoms with Gasteiger partial charge < -0.3 is 16.2 Å². The number of benzene rings is 2. The van der Waals surface area contributed by atoms with Crippen LogP contribution in [-0.4, -0.2) is 28.5 Å². The smallest absolute Gasteiger partial charge is 0.281 e. The molecule has 11 heteroatoms.